The Morgan fingerprint density at radius 2 is 1.96 bits per heavy atom. The molecule has 0 spiro atoms. The van der Waals surface area contributed by atoms with Crippen molar-refractivity contribution in [3.8, 4) is 11.3 Å². The molecule has 1 aliphatic rings. The lowest BCUT2D eigenvalue weighted by Crippen LogP contribution is -2.27. The predicted molar refractivity (Wildman–Crippen MR) is 92.8 cm³/mol. The number of anilines is 1. The third-order valence-corrected chi connectivity index (χ3v) is 4.46. The van der Waals surface area contributed by atoms with E-state index in [-0.39, 0.29) is 0 Å². The zero-order chi connectivity index (χ0) is 16.5. The molecule has 0 unspecified atom stereocenters. The molecule has 0 aliphatic carbocycles. The maximum absolute atomic E-state index is 4.66. The number of pyridine rings is 1. The number of aromatic nitrogens is 5. The highest BCUT2D eigenvalue weighted by atomic mass is 15.2. The van der Waals surface area contributed by atoms with Gasteiger partial charge in [0, 0.05) is 55.3 Å². The number of nitrogens with zero attached hydrogens (tertiary/aromatic N) is 6. The van der Waals surface area contributed by atoms with Crippen molar-refractivity contribution in [3.05, 3.63) is 53.9 Å². The molecule has 3 aromatic rings. The van der Waals surface area contributed by atoms with E-state index < -0.39 is 0 Å². The molecule has 0 aromatic carbocycles. The number of rotatable bonds is 2. The normalized spacial score (nSPS) is 14.3. The van der Waals surface area contributed by atoms with Gasteiger partial charge in [0.2, 0.25) is 0 Å². The summed E-state index contributed by atoms with van der Waals surface area (Å²) in [5.41, 5.74) is 5.48. The summed E-state index contributed by atoms with van der Waals surface area (Å²) in [6, 6.07) is 6.18. The lowest BCUT2D eigenvalue weighted by molar-refractivity contribution is 0.768. The molecule has 1 aliphatic heterocycles. The Kier molecular flexibility index (Phi) is 3.72. The minimum absolute atomic E-state index is 0.904. The van der Waals surface area contributed by atoms with Gasteiger partial charge in [-0.2, -0.15) is 5.10 Å². The van der Waals surface area contributed by atoms with E-state index in [9.17, 15) is 0 Å². The molecule has 4 heterocycles. The molecule has 4 rings (SSSR count). The zero-order valence-corrected chi connectivity index (χ0v) is 14.0. The number of hydrogen-bond acceptors (Lipinski definition) is 5. The fourth-order valence-electron chi connectivity index (χ4n) is 3.25. The smallest absolute Gasteiger partial charge is 0.128 e. The van der Waals surface area contributed by atoms with Crippen LogP contribution < -0.4 is 4.90 Å². The van der Waals surface area contributed by atoms with Crippen LogP contribution in [-0.4, -0.2) is 37.8 Å². The number of aryl methyl sites for hydroxylation is 2. The molecule has 0 saturated heterocycles. The fraction of sp³-hybridized carbons (Fsp3) is 0.333. The first-order valence-electron chi connectivity index (χ1n) is 8.21. The summed E-state index contributed by atoms with van der Waals surface area (Å²) in [6.45, 7) is 3.87. The van der Waals surface area contributed by atoms with Gasteiger partial charge in [-0.3, -0.25) is 4.68 Å². The van der Waals surface area contributed by atoms with E-state index in [0.717, 1.165) is 54.4 Å². The molecule has 0 bridgehead atoms. The van der Waals surface area contributed by atoms with Crippen LogP contribution >= 0.6 is 0 Å². The molecule has 122 valence electrons. The largest absolute Gasteiger partial charge is 0.356 e. The van der Waals surface area contributed by atoms with E-state index in [1.54, 1.807) is 6.33 Å². The molecule has 6 heteroatoms. The van der Waals surface area contributed by atoms with Crippen LogP contribution in [0.15, 0.2) is 36.9 Å². The summed E-state index contributed by atoms with van der Waals surface area (Å²) in [5, 5.41) is 4.27. The molecule has 0 saturated carbocycles. The average molecular weight is 320 g/mol. The second-order valence-electron chi connectivity index (χ2n) is 6.17. The molecule has 6 nitrogen and oxygen atoms in total. The van der Waals surface area contributed by atoms with Crippen molar-refractivity contribution in [2.24, 2.45) is 7.05 Å². The van der Waals surface area contributed by atoms with Crippen molar-refractivity contribution in [2.45, 2.75) is 19.8 Å². The lowest BCUT2D eigenvalue weighted by atomic mass is 10.0. The molecule has 0 N–H and O–H groups in total. The zero-order valence-electron chi connectivity index (χ0n) is 14.0. The maximum atomic E-state index is 4.66. The third kappa shape index (κ3) is 2.75. The van der Waals surface area contributed by atoms with Gasteiger partial charge < -0.3 is 4.90 Å². The highest BCUT2D eigenvalue weighted by molar-refractivity contribution is 5.62. The van der Waals surface area contributed by atoms with Crippen molar-refractivity contribution in [2.75, 3.05) is 18.0 Å². The summed E-state index contributed by atoms with van der Waals surface area (Å²) < 4.78 is 1.81. The van der Waals surface area contributed by atoms with E-state index in [1.807, 2.05) is 37.1 Å². The van der Waals surface area contributed by atoms with Gasteiger partial charge in [0.1, 0.15) is 12.1 Å². The minimum Gasteiger partial charge on any atom is -0.356 e. The third-order valence-electron chi connectivity index (χ3n) is 4.46. The van der Waals surface area contributed by atoms with Crippen LogP contribution in [0.3, 0.4) is 0 Å². The van der Waals surface area contributed by atoms with Gasteiger partial charge in [0.05, 0.1) is 11.9 Å². The predicted octanol–water partition coefficient (Wildman–Crippen LogP) is 2.19. The van der Waals surface area contributed by atoms with E-state index in [1.165, 1.54) is 5.56 Å². The van der Waals surface area contributed by atoms with Crippen molar-refractivity contribution in [1.82, 2.24) is 24.7 Å². The van der Waals surface area contributed by atoms with Crippen LogP contribution in [0.2, 0.25) is 0 Å². The lowest BCUT2D eigenvalue weighted by Gasteiger charge is -2.21. The van der Waals surface area contributed by atoms with Crippen LogP contribution in [0.1, 0.15) is 17.0 Å². The van der Waals surface area contributed by atoms with Crippen LogP contribution in [0.5, 0.6) is 0 Å². The van der Waals surface area contributed by atoms with Gasteiger partial charge in [0.15, 0.2) is 0 Å². The summed E-state index contributed by atoms with van der Waals surface area (Å²) in [4.78, 5) is 16.1. The maximum Gasteiger partial charge on any atom is 0.128 e. The second-order valence-corrected chi connectivity index (χ2v) is 6.17. The number of hydrogen-bond donors (Lipinski definition) is 0. The minimum atomic E-state index is 0.904. The van der Waals surface area contributed by atoms with Crippen LogP contribution in [0, 0.1) is 6.92 Å². The van der Waals surface area contributed by atoms with E-state index in [2.05, 4.69) is 37.1 Å². The van der Waals surface area contributed by atoms with Crippen molar-refractivity contribution >= 4 is 5.82 Å². The first-order chi connectivity index (χ1) is 11.7. The highest BCUT2D eigenvalue weighted by Gasteiger charge is 2.20. The topological polar surface area (TPSA) is 59.7 Å². The van der Waals surface area contributed by atoms with Gasteiger partial charge >= 0.3 is 0 Å². The first-order valence-corrected chi connectivity index (χ1v) is 8.21. The van der Waals surface area contributed by atoms with Crippen molar-refractivity contribution < 1.29 is 0 Å². The van der Waals surface area contributed by atoms with E-state index in [0.29, 0.717) is 0 Å². The Bertz CT molecular complexity index is 869. The van der Waals surface area contributed by atoms with Gasteiger partial charge in [-0.25, -0.2) is 15.0 Å². The standard InChI is InChI=1S/C18H20N6/c1-13-4-3-5-17(22-13)24-8-6-15-16(7-9-24)19-12-20-18(15)14-10-21-23(2)11-14/h3-5,10-12H,6-9H2,1-2H3. The first kappa shape index (κ1) is 14.8. The summed E-state index contributed by atoms with van der Waals surface area (Å²) >= 11 is 0. The number of fused-ring (bicyclic) bond motifs is 1. The van der Waals surface area contributed by atoms with Gasteiger partial charge in [-0.15, -0.1) is 0 Å². The van der Waals surface area contributed by atoms with Crippen LogP contribution in [-0.2, 0) is 19.9 Å². The molecular formula is C18H20N6. The molecule has 0 atom stereocenters. The Labute approximate surface area is 141 Å². The van der Waals surface area contributed by atoms with Crippen molar-refractivity contribution in [1.29, 1.82) is 0 Å². The summed E-state index contributed by atoms with van der Waals surface area (Å²) in [7, 11) is 1.93. The second kappa shape index (κ2) is 6.03. The molecule has 0 radical (unpaired) electrons. The Hall–Kier alpha value is -2.76. The molecule has 0 amide bonds. The Balaban J connectivity index is 1.66. The van der Waals surface area contributed by atoms with Crippen LogP contribution in [0.25, 0.3) is 11.3 Å². The quantitative estimate of drug-likeness (QED) is 0.724. The average Bonchev–Trinajstić information content (AvgIpc) is 2.89. The van der Waals surface area contributed by atoms with Gasteiger partial charge in [0.25, 0.3) is 0 Å². The van der Waals surface area contributed by atoms with Gasteiger partial charge in [-0.1, -0.05) is 6.07 Å². The monoisotopic (exact) mass is 320 g/mol. The Morgan fingerprint density at radius 3 is 2.75 bits per heavy atom. The van der Waals surface area contributed by atoms with Crippen molar-refractivity contribution in [3.63, 3.8) is 0 Å². The molecular weight excluding hydrogens is 300 g/mol. The molecule has 0 fully saturated rings. The molecule has 24 heavy (non-hydrogen) atoms. The van der Waals surface area contributed by atoms with Crippen LogP contribution in [0.4, 0.5) is 5.82 Å². The van der Waals surface area contributed by atoms with E-state index in [4.69, 9.17) is 0 Å². The summed E-state index contributed by atoms with van der Waals surface area (Å²) in [5.74, 6) is 1.04. The van der Waals surface area contributed by atoms with E-state index >= 15 is 0 Å². The Morgan fingerprint density at radius 1 is 1.08 bits per heavy atom. The summed E-state index contributed by atoms with van der Waals surface area (Å²) in [6.07, 6.45) is 7.36. The van der Waals surface area contributed by atoms with Gasteiger partial charge in [-0.05, 0) is 25.5 Å². The molecule has 3 aromatic heterocycles. The fourth-order valence-corrected chi connectivity index (χ4v) is 3.25. The SMILES string of the molecule is Cc1cccc(N2CCc3ncnc(-c4cnn(C)c4)c3CC2)n1. The highest BCUT2D eigenvalue weighted by Crippen LogP contribution is 2.26.